The first-order valence-corrected chi connectivity index (χ1v) is 9.98. The molecule has 0 heterocycles. The number of sulfone groups is 1. The van der Waals surface area contributed by atoms with Crippen LogP contribution in [0.4, 0.5) is 0 Å². The van der Waals surface area contributed by atoms with Gasteiger partial charge in [0.15, 0.2) is 9.84 Å². The molecule has 0 N–H and O–H groups in total. The van der Waals surface area contributed by atoms with E-state index in [2.05, 4.69) is 38.1 Å². The van der Waals surface area contributed by atoms with Crippen LogP contribution >= 0.6 is 0 Å². The first kappa shape index (κ1) is 23.7. The number of aryl methyl sites for hydroxylation is 3. The second-order valence-corrected chi connectivity index (χ2v) is 6.76. The van der Waals surface area contributed by atoms with E-state index in [4.69, 9.17) is 0 Å². The van der Waals surface area contributed by atoms with Crippen LogP contribution in [0.15, 0.2) is 53.4 Å². The monoisotopic (exact) mass is 336 g/mol. The third kappa shape index (κ3) is 11.6. The molecular formula is C20H32O2S. The predicted octanol–water partition coefficient (Wildman–Crippen LogP) is 5.75. The number of hydrogen-bond acceptors (Lipinski definition) is 2. The summed E-state index contributed by atoms with van der Waals surface area (Å²) < 4.78 is 21.9. The maximum Gasteiger partial charge on any atom is 0.175 e. The molecule has 2 aromatic carbocycles. The molecule has 0 aliphatic rings. The Morgan fingerprint density at radius 1 is 0.565 bits per heavy atom. The molecule has 0 radical (unpaired) electrons. The van der Waals surface area contributed by atoms with Crippen LogP contribution in [0.3, 0.4) is 0 Å². The molecule has 0 aliphatic heterocycles. The number of rotatable bonds is 1. The highest BCUT2D eigenvalue weighted by molar-refractivity contribution is 7.90. The van der Waals surface area contributed by atoms with Gasteiger partial charge in [-0.3, -0.25) is 0 Å². The second kappa shape index (κ2) is 12.9. The molecule has 0 unspecified atom stereocenters. The molecule has 3 heteroatoms. The third-order valence-electron chi connectivity index (χ3n) is 2.67. The highest BCUT2D eigenvalue weighted by Crippen LogP contribution is 2.08. The van der Waals surface area contributed by atoms with E-state index in [1.165, 1.54) is 17.4 Å². The summed E-state index contributed by atoms with van der Waals surface area (Å²) in [6, 6.07) is 15.3. The average Bonchev–Trinajstić information content (AvgIpc) is 2.54. The Morgan fingerprint density at radius 3 is 1.00 bits per heavy atom. The molecule has 0 spiro atoms. The highest BCUT2D eigenvalue weighted by Gasteiger charge is 2.04. The summed E-state index contributed by atoms with van der Waals surface area (Å²) in [6.07, 6.45) is 1.21. The minimum atomic E-state index is -3.02. The summed E-state index contributed by atoms with van der Waals surface area (Å²) in [6.45, 7) is 14.1. The Bertz CT molecular complexity index is 589. The van der Waals surface area contributed by atoms with Crippen LogP contribution in [-0.4, -0.2) is 14.7 Å². The zero-order chi connectivity index (χ0) is 18.5. The zero-order valence-electron chi connectivity index (χ0n) is 15.8. The van der Waals surface area contributed by atoms with E-state index in [-0.39, 0.29) is 0 Å². The van der Waals surface area contributed by atoms with Gasteiger partial charge in [-0.15, -0.1) is 0 Å². The number of hydrogen-bond donors (Lipinski definition) is 0. The molecule has 0 fully saturated rings. The standard InChI is InChI=1S/C8H10O2S.C8H10.2C2H6/c1-7-3-5-8(6-4-7)11(2,9)10;1-7-3-5-8(2)6-4-7;2*1-2/h3-6H,1-2H3;3-6H,1-2H3;2*1-2H3. The average molecular weight is 337 g/mol. The Hall–Kier alpha value is -1.61. The molecule has 2 nitrogen and oxygen atoms in total. The smallest absolute Gasteiger partial charge is 0.175 e. The fourth-order valence-electron chi connectivity index (χ4n) is 1.42. The largest absolute Gasteiger partial charge is 0.224 e. The van der Waals surface area contributed by atoms with Crippen LogP contribution in [0.2, 0.25) is 0 Å². The zero-order valence-corrected chi connectivity index (χ0v) is 16.7. The third-order valence-corrected chi connectivity index (χ3v) is 3.80. The van der Waals surface area contributed by atoms with Crippen LogP contribution < -0.4 is 0 Å². The maximum atomic E-state index is 10.9. The molecule has 0 atom stereocenters. The summed E-state index contributed by atoms with van der Waals surface area (Å²) in [5.74, 6) is 0. The number of benzene rings is 2. The topological polar surface area (TPSA) is 34.1 Å². The lowest BCUT2D eigenvalue weighted by atomic mass is 10.2. The molecule has 0 bridgehead atoms. The van der Waals surface area contributed by atoms with Crippen LogP contribution in [0.25, 0.3) is 0 Å². The van der Waals surface area contributed by atoms with Crippen molar-refractivity contribution in [1.29, 1.82) is 0 Å². The molecular weight excluding hydrogens is 304 g/mol. The van der Waals surface area contributed by atoms with Gasteiger partial charge in [0.25, 0.3) is 0 Å². The van der Waals surface area contributed by atoms with Gasteiger partial charge in [-0.1, -0.05) is 80.8 Å². The molecule has 0 saturated heterocycles. The highest BCUT2D eigenvalue weighted by atomic mass is 32.2. The van der Waals surface area contributed by atoms with Gasteiger partial charge in [-0.05, 0) is 32.9 Å². The van der Waals surface area contributed by atoms with Gasteiger partial charge in [0.05, 0.1) is 4.90 Å². The van der Waals surface area contributed by atoms with Gasteiger partial charge >= 0.3 is 0 Å². The van der Waals surface area contributed by atoms with Gasteiger partial charge in [0.1, 0.15) is 0 Å². The summed E-state index contributed by atoms with van der Waals surface area (Å²) in [5, 5.41) is 0. The van der Waals surface area contributed by atoms with Crippen LogP contribution in [0.1, 0.15) is 44.4 Å². The first-order chi connectivity index (χ1) is 10.8. The van der Waals surface area contributed by atoms with Gasteiger partial charge < -0.3 is 0 Å². The van der Waals surface area contributed by atoms with Gasteiger partial charge in [0.2, 0.25) is 0 Å². The van der Waals surface area contributed by atoms with Gasteiger partial charge in [-0.25, -0.2) is 8.42 Å². The molecule has 0 saturated carbocycles. The molecule has 0 aromatic heterocycles. The van der Waals surface area contributed by atoms with Crippen molar-refractivity contribution in [2.24, 2.45) is 0 Å². The fraction of sp³-hybridized carbons (Fsp3) is 0.400. The van der Waals surface area contributed by atoms with Crippen LogP contribution in [0, 0.1) is 20.8 Å². The van der Waals surface area contributed by atoms with Crippen molar-refractivity contribution in [2.45, 2.75) is 53.4 Å². The minimum Gasteiger partial charge on any atom is -0.224 e. The molecule has 0 aliphatic carbocycles. The Labute approximate surface area is 143 Å². The van der Waals surface area contributed by atoms with Crippen molar-refractivity contribution in [2.75, 3.05) is 6.26 Å². The fourth-order valence-corrected chi connectivity index (χ4v) is 2.05. The minimum absolute atomic E-state index is 0.378. The van der Waals surface area contributed by atoms with Crippen molar-refractivity contribution in [3.63, 3.8) is 0 Å². The summed E-state index contributed by atoms with van der Waals surface area (Å²) in [4.78, 5) is 0.378. The molecule has 2 rings (SSSR count). The second-order valence-electron chi connectivity index (χ2n) is 4.74. The van der Waals surface area contributed by atoms with Crippen LogP contribution in [0.5, 0.6) is 0 Å². The summed E-state index contributed by atoms with van der Waals surface area (Å²) in [7, 11) is -3.02. The SMILES string of the molecule is CC.CC.Cc1ccc(C)cc1.Cc1ccc(S(C)(=O)=O)cc1. The summed E-state index contributed by atoms with van der Waals surface area (Å²) >= 11 is 0. The van der Waals surface area contributed by atoms with Crippen molar-refractivity contribution >= 4 is 9.84 Å². The van der Waals surface area contributed by atoms with Gasteiger partial charge in [0, 0.05) is 6.26 Å². The molecule has 2 aromatic rings. The van der Waals surface area contributed by atoms with Crippen molar-refractivity contribution in [3.05, 3.63) is 65.2 Å². The van der Waals surface area contributed by atoms with E-state index in [1.54, 1.807) is 24.3 Å². The van der Waals surface area contributed by atoms with E-state index in [0.29, 0.717) is 4.90 Å². The Kier molecular flexibility index (Phi) is 13.3. The first-order valence-electron chi connectivity index (χ1n) is 8.09. The van der Waals surface area contributed by atoms with Gasteiger partial charge in [-0.2, -0.15) is 0 Å². The summed E-state index contributed by atoms with van der Waals surface area (Å²) in [5.41, 5.74) is 3.73. The van der Waals surface area contributed by atoms with Crippen molar-refractivity contribution in [1.82, 2.24) is 0 Å². The van der Waals surface area contributed by atoms with E-state index in [1.807, 2.05) is 34.6 Å². The molecule has 130 valence electrons. The molecule has 23 heavy (non-hydrogen) atoms. The van der Waals surface area contributed by atoms with Crippen molar-refractivity contribution in [3.8, 4) is 0 Å². The van der Waals surface area contributed by atoms with E-state index in [0.717, 1.165) is 5.56 Å². The Balaban J connectivity index is 0. The quantitative estimate of drug-likeness (QED) is 0.664. The van der Waals surface area contributed by atoms with Crippen LogP contribution in [-0.2, 0) is 9.84 Å². The predicted molar refractivity (Wildman–Crippen MR) is 103 cm³/mol. The van der Waals surface area contributed by atoms with E-state index < -0.39 is 9.84 Å². The van der Waals surface area contributed by atoms with E-state index >= 15 is 0 Å². The Morgan fingerprint density at radius 2 is 0.783 bits per heavy atom. The lowest BCUT2D eigenvalue weighted by molar-refractivity contribution is 0.602. The maximum absolute atomic E-state index is 10.9. The lowest BCUT2D eigenvalue weighted by Crippen LogP contribution is -1.95. The lowest BCUT2D eigenvalue weighted by Gasteiger charge is -1.96. The van der Waals surface area contributed by atoms with Crippen molar-refractivity contribution < 1.29 is 8.42 Å². The van der Waals surface area contributed by atoms with E-state index in [9.17, 15) is 8.42 Å². The normalized spacial score (nSPS) is 9.22. The molecule has 0 amide bonds.